The number of aromatic carboxylic acids is 1. The summed E-state index contributed by atoms with van der Waals surface area (Å²) in [6.07, 6.45) is 3.75. The van der Waals surface area contributed by atoms with Crippen molar-refractivity contribution in [2.24, 2.45) is 7.05 Å². The van der Waals surface area contributed by atoms with Crippen LogP contribution in [0.4, 0.5) is 0 Å². The van der Waals surface area contributed by atoms with Gasteiger partial charge in [-0.3, -0.25) is 0 Å². The minimum atomic E-state index is -0.846. The molecule has 2 aromatic rings. The highest BCUT2D eigenvalue weighted by Gasteiger charge is 2.24. The van der Waals surface area contributed by atoms with Crippen LogP contribution in [0.2, 0.25) is 0 Å². The number of carboxylic acid groups (broad SMARTS) is 1. The molecular formula is C14H15NO2. The Bertz CT molecular complexity index is 594. The average Bonchev–Trinajstić information content (AvgIpc) is 2.54. The Hall–Kier alpha value is -1.77. The molecule has 1 aliphatic carbocycles. The molecule has 1 aliphatic rings. The van der Waals surface area contributed by atoms with Crippen molar-refractivity contribution in [1.82, 2.24) is 4.57 Å². The van der Waals surface area contributed by atoms with E-state index in [-0.39, 0.29) is 0 Å². The molecular weight excluding hydrogens is 214 g/mol. The lowest BCUT2D eigenvalue weighted by Gasteiger charge is -2.26. The van der Waals surface area contributed by atoms with Crippen LogP contribution in [-0.4, -0.2) is 15.6 Å². The average molecular weight is 229 g/mol. The molecule has 1 aromatic carbocycles. The van der Waals surface area contributed by atoms with E-state index in [2.05, 4.69) is 10.6 Å². The van der Waals surface area contributed by atoms with Crippen molar-refractivity contribution in [2.45, 2.75) is 25.2 Å². The first-order valence-electron chi connectivity index (χ1n) is 6.00. The molecule has 0 saturated heterocycles. The van der Waals surface area contributed by atoms with Gasteiger partial charge in [-0.25, -0.2) is 4.79 Å². The number of benzene rings is 1. The smallest absolute Gasteiger partial charge is 0.336 e. The summed E-state index contributed by atoms with van der Waals surface area (Å²) in [5, 5.41) is 10.0. The van der Waals surface area contributed by atoms with Crippen molar-refractivity contribution in [3.8, 4) is 0 Å². The maximum atomic E-state index is 11.2. The van der Waals surface area contributed by atoms with Gasteiger partial charge in [0.2, 0.25) is 0 Å². The lowest BCUT2D eigenvalue weighted by molar-refractivity contribution is 0.0699. The number of hydrogen-bond donors (Lipinski definition) is 1. The van der Waals surface area contributed by atoms with Crippen LogP contribution in [0.1, 0.15) is 41.2 Å². The highest BCUT2D eigenvalue weighted by atomic mass is 16.4. The largest absolute Gasteiger partial charge is 0.478 e. The summed E-state index contributed by atoms with van der Waals surface area (Å²) >= 11 is 0. The van der Waals surface area contributed by atoms with E-state index in [4.69, 9.17) is 0 Å². The minimum absolute atomic E-state index is 0.406. The van der Waals surface area contributed by atoms with Crippen LogP contribution < -0.4 is 0 Å². The molecule has 0 atom stereocenters. The van der Waals surface area contributed by atoms with Gasteiger partial charge in [0.15, 0.2) is 0 Å². The first kappa shape index (κ1) is 10.4. The van der Waals surface area contributed by atoms with Crippen molar-refractivity contribution in [3.63, 3.8) is 0 Å². The number of fused-ring (bicyclic) bond motifs is 1. The Morgan fingerprint density at radius 2 is 2.18 bits per heavy atom. The third-order valence-corrected chi connectivity index (χ3v) is 3.88. The maximum Gasteiger partial charge on any atom is 0.336 e. The van der Waals surface area contributed by atoms with Crippen LogP contribution in [0.3, 0.4) is 0 Å². The molecule has 0 aliphatic heterocycles. The van der Waals surface area contributed by atoms with Crippen molar-refractivity contribution in [3.05, 3.63) is 35.5 Å². The van der Waals surface area contributed by atoms with Crippen LogP contribution >= 0.6 is 0 Å². The number of aromatic nitrogens is 1. The normalized spacial score (nSPS) is 16.1. The number of carbonyl (C=O) groups is 1. The first-order chi connectivity index (χ1) is 8.18. The minimum Gasteiger partial charge on any atom is -0.478 e. The summed E-state index contributed by atoms with van der Waals surface area (Å²) in [4.78, 5) is 11.2. The highest BCUT2D eigenvalue weighted by Crippen LogP contribution is 2.38. The zero-order chi connectivity index (χ0) is 12.0. The van der Waals surface area contributed by atoms with Gasteiger partial charge in [0.1, 0.15) is 0 Å². The monoisotopic (exact) mass is 229 g/mol. The molecule has 0 bridgehead atoms. The Balaban J connectivity index is 2.24. The molecule has 88 valence electrons. The van der Waals surface area contributed by atoms with Gasteiger partial charge in [-0.15, -0.1) is 0 Å². The van der Waals surface area contributed by atoms with Crippen LogP contribution in [0.25, 0.3) is 10.9 Å². The molecule has 1 aromatic heterocycles. The van der Waals surface area contributed by atoms with Crippen LogP contribution in [0.5, 0.6) is 0 Å². The van der Waals surface area contributed by atoms with Gasteiger partial charge >= 0.3 is 5.97 Å². The molecule has 3 rings (SSSR count). The van der Waals surface area contributed by atoms with Gasteiger partial charge in [0, 0.05) is 23.6 Å². The molecule has 3 nitrogen and oxygen atoms in total. The predicted molar refractivity (Wildman–Crippen MR) is 66.5 cm³/mol. The summed E-state index contributed by atoms with van der Waals surface area (Å²) in [5.74, 6) is -0.226. The Morgan fingerprint density at radius 1 is 1.41 bits per heavy atom. The van der Waals surface area contributed by atoms with Crippen molar-refractivity contribution in [1.29, 1.82) is 0 Å². The Kier molecular flexibility index (Phi) is 2.21. The van der Waals surface area contributed by atoms with Crippen molar-refractivity contribution >= 4 is 16.9 Å². The highest BCUT2D eigenvalue weighted by molar-refractivity contribution is 6.03. The Labute approximate surface area is 99.7 Å². The second-order valence-corrected chi connectivity index (χ2v) is 4.80. The number of hydrogen-bond acceptors (Lipinski definition) is 1. The molecule has 1 N–H and O–H groups in total. The molecule has 1 fully saturated rings. The van der Waals surface area contributed by atoms with Gasteiger partial charge in [-0.05, 0) is 37.0 Å². The quantitative estimate of drug-likeness (QED) is 0.859. The molecule has 0 unspecified atom stereocenters. The van der Waals surface area contributed by atoms with Gasteiger partial charge in [0.05, 0.1) is 5.56 Å². The van der Waals surface area contributed by atoms with E-state index in [1.807, 2.05) is 19.2 Å². The van der Waals surface area contributed by atoms with E-state index >= 15 is 0 Å². The third kappa shape index (κ3) is 1.46. The number of aryl methyl sites for hydroxylation is 1. The number of rotatable bonds is 2. The van der Waals surface area contributed by atoms with Gasteiger partial charge in [-0.1, -0.05) is 12.5 Å². The molecule has 0 amide bonds. The topological polar surface area (TPSA) is 42.2 Å². The summed E-state index contributed by atoms with van der Waals surface area (Å²) < 4.78 is 2.14. The zero-order valence-electron chi connectivity index (χ0n) is 9.81. The number of carboxylic acids is 1. The molecule has 3 heteroatoms. The van der Waals surface area contributed by atoms with Crippen LogP contribution in [0.15, 0.2) is 24.3 Å². The standard InChI is InChI=1S/C14H15NO2/c1-15-12-7-3-6-10(14(16)17)11(12)8-13(15)9-4-2-5-9/h3,6-9H,2,4-5H2,1H3,(H,16,17). The molecule has 1 saturated carbocycles. The van der Waals surface area contributed by atoms with E-state index < -0.39 is 5.97 Å². The lowest BCUT2D eigenvalue weighted by Crippen LogP contribution is -2.12. The third-order valence-electron chi connectivity index (χ3n) is 3.88. The summed E-state index contributed by atoms with van der Waals surface area (Å²) in [6.45, 7) is 0. The Morgan fingerprint density at radius 3 is 2.76 bits per heavy atom. The predicted octanol–water partition coefficient (Wildman–Crippen LogP) is 3.14. The SMILES string of the molecule is Cn1c(C2CCC2)cc2c(C(=O)O)cccc21. The van der Waals surface area contributed by atoms with Crippen LogP contribution in [-0.2, 0) is 7.05 Å². The van der Waals surface area contributed by atoms with E-state index in [9.17, 15) is 9.90 Å². The maximum absolute atomic E-state index is 11.2. The molecule has 0 radical (unpaired) electrons. The van der Waals surface area contributed by atoms with Crippen molar-refractivity contribution in [2.75, 3.05) is 0 Å². The fraction of sp³-hybridized carbons (Fsp3) is 0.357. The van der Waals surface area contributed by atoms with Gasteiger partial charge < -0.3 is 9.67 Å². The first-order valence-corrected chi connectivity index (χ1v) is 6.00. The summed E-state index contributed by atoms with van der Waals surface area (Å²) in [7, 11) is 2.03. The van der Waals surface area contributed by atoms with E-state index in [0.717, 1.165) is 10.9 Å². The molecule has 1 heterocycles. The zero-order valence-corrected chi connectivity index (χ0v) is 9.81. The second kappa shape index (κ2) is 3.62. The lowest BCUT2D eigenvalue weighted by atomic mass is 9.83. The van der Waals surface area contributed by atoms with Gasteiger partial charge in [-0.2, -0.15) is 0 Å². The molecule has 0 spiro atoms. The summed E-state index contributed by atoms with van der Waals surface area (Å²) in [5.41, 5.74) is 2.70. The van der Waals surface area contributed by atoms with Crippen molar-refractivity contribution < 1.29 is 9.90 Å². The van der Waals surface area contributed by atoms with E-state index in [0.29, 0.717) is 11.5 Å². The van der Waals surface area contributed by atoms with Gasteiger partial charge in [0.25, 0.3) is 0 Å². The van der Waals surface area contributed by atoms with Crippen LogP contribution in [0, 0.1) is 0 Å². The fourth-order valence-corrected chi connectivity index (χ4v) is 2.66. The molecule has 17 heavy (non-hydrogen) atoms. The summed E-state index contributed by atoms with van der Waals surface area (Å²) in [6, 6.07) is 7.54. The van der Waals surface area contributed by atoms with E-state index in [1.165, 1.54) is 25.0 Å². The fourth-order valence-electron chi connectivity index (χ4n) is 2.66. The second-order valence-electron chi connectivity index (χ2n) is 4.80. The number of nitrogens with zero attached hydrogens (tertiary/aromatic N) is 1. The van der Waals surface area contributed by atoms with E-state index in [1.54, 1.807) is 6.07 Å².